The van der Waals surface area contributed by atoms with E-state index in [9.17, 15) is 9.59 Å². The van der Waals surface area contributed by atoms with Gasteiger partial charge >= 0.3 is 0 Å². The highest BCUT2D eigenvalue weighted by Gasteiger charge is 2.29. The van der Waals surface area contributed by atoms with Gasteiger partial charge in [0.15, 0.2) is 0 Å². The van der Waals surface area contributed by atoms with Crippen LogP contribution in [0.25, 0.3) is 5.69 Å². The molecule has 3 aromatic rings. The van der Waals surface area contributed by atoms with Gasteiger partial charge in [0, 0.05) is 30.4 Å². The van der Waals surface area contributed by atoms with Crippen molar-refractivity contribution in [2.75, 3.05) is 18.4 Å². The van der Waals surface area contributed by atoms with Crippen LogP contribution in [-0.4, -0.2) is 49.2 Å². The number of amides is 2. The summed E-state index contributed by atoms with van der Waals surface area (Å²) >= 11 is 1.12. The highest BCUT2D eigenvalue weighted by molar-refractivity contribution is 7.07. The topological polar surface area (TPSA) is 93.0 Å². The first kappa shape index (κ1) is 20.2. The van der Waals surface area contributed by atoms with E-state index >= 15 is 0 Å². The molecular weight excluding hydrogens is 400 g/mol. The van der Waals surface area contributed by atoms with Crippen molar-refractivity contribution < 1.29 is 9.59 Å². The number of benzene rings is 1. The Bertz CT molecular complexity index is 1060. The summed E-state index contributed by atoms with van der Waals surface area (Å²) in [6.07, 6.45) is 1.29. The molecule has 0 atom stereocenters. The third-order valence-electron chi connectivity index (χ3n) is 5.39. The molecule has 0 saturated carbocycles. The van der Waals surface area contributed by atoms with Gasteiger partial charge < -0.3 is 10.2 Å². The summed E-state index contributed by atoms with van der Waals surface area (Å²) in [5, 5.41) is 11.4. The van der Waals surface area contributed by atoms with Crippen LogP contribution >= 0.6 is 11.5 Å². The summed E-state index contributed by atoms with van der Waals surface area (Å²) in [5.74, 6) is -0.150. The minimum atomic E-state index is -0.106. The second-order valence-corrected chi connectivity index (χ2v) is 8.38. The third kappa shape index (κ3) is 4.11. The number of nitrogens with zero attached hydrogens (tertiary/aromatic N) is 5. The molecule has 30 heavy (non-hydrogen) atoms. The molecular formula is C21H24N6O2S. The van der Waals surface area contributed by atoms with Crippen molar-refractivity contribution in [3.05, 3.63) is 52.3 Å². The van der Waals surface area contributed by atoms with E-state index < -0.39 is 0 Å². The molecule has 1 aliphatic rings. The number of carbonyl (C=O) groups excluding carboxylic acids is 2. The van der Waals surface area contributed by atoms with Crippen molar-refractivity contribution >= 4 is 29.0 Å². The Hall–Kier alpha value is -3.07. The number of hydrogen-bond donors (Lipinski definition) is 1. The molecule has 1 fully saturated rings. The number of aromatic nitrogens is 4. The smallest absolute Gasteiger partial charge is 0.267 e. The van der Waals surface area contributed by atoms with Crippen LogP contribution in [-0.2, 0) is 4.79 Å². The minimum absolute atomic E-state index is 0.00315. The largest absolute Gasteiger partial charge is 0.338 e. The zero-order valence-electron chi connectivity index (χ0n) is 17.3. The monoisotopic (exact) mass is 424 g/mol. The Morgan fingerprint density at radius 2 is 1.80 bits per heavy atom. The van der Waals surface area contributed by atoms with Crippen LogP contribution in [0.4, 0.5) is 5.69 Å². The Kier molecular flexibility index (Phi) is 5.63. The fourth-order valence-corrected chi connectivity index (χ4v) is 4.36. The lowest BCUT2D eigenvalue weighted by Gasteiger charge is -2.31. The van der Waals surface area contributed by atoms with Crippen molar-refractivity contribution in [2.45, 2.75) is 33.6 Å². The predicted octanol–water partition coefficient (Wildman–Crippen LogP) is 3.14. The molecule has 9 heteroatoms. The summed E-state index contributed by atoms with van der Waals surface area (Å²) in [6, 6.07) is 9.70. The molecule has 0 radical (unpaired) electrons. The number of hydrogen-bond acceptors (Lipinski definition) is 6. The van der Waals surface area contributed by atoms with Crippen molar-refractivity contribution in [1.29, 1.82) is 0 Å². The molecule has 1 N–H and O–H groups in total. The quantitative estimate of drug-likeness (QED) is 0.695. The Labute approximate surface area is 179 Å². The van der Waals surface area contributed by atoms with Crippen LogP contribution in [0, 0.1) is 26.7 Å². The molecule has 1 aliphatic heterocycles. The van der Waals surface area contributed by atoms with Crippen LogP contribution in [0.2, 0.25) is 0 Å². The van der Waals surface area contributed by atoms with Gasteiger partial charge in [-0.05, 0) is 75.5 Å². The standard InChI is InChI=1S/C21H24N6O2S/c1-13-12-14(2)27(24-13)18-6-4-17(5-7-18)22-20(28)16-8-10-26(11-9-16)21(29)19-15(3)23-25-30-19/h4-7,12,16H,8-11H2,1-3H3,(H,22,28). The first-order chi connectivity index (χ1) is 14.4. The van der Waals surface area contributed by atoms with Gasteiger partial charge in [-0.25, -0.2) is 4.68 Å². The van der Waals surface area contributed by atoms with Gasteiger partial charge in [-0.3, -0.25) is 9.59 Å². The molecule has 0 unspecified atom stereocenters. The zero-order valence-corrected chi connectivity index (χ0v) is 18.1. The first-order valence-electron chi connectivity index (χ1n) is 9.95. The van der Waals surface area contributed by atoms with Crippen LogP contribution < -0.4 is 5.32 Å². The van der Waals surface area contributed by atoms with Crippen molar-refractivity contribution in [2.24, 2.45) is 5.92 Å². The molecule has 156 valence electrons. The summed E-state index contributed by atoms with van der Waals surface area (Å²) in [7, 11) is 0. The van der Waals surface area contributed by atoms with E-state index in [4.69, 9.17) is 0 Å². The number of aryl methyl sites for hydroxylation is 3. The second-order valence-electron chi connectivity index (χ2n) is 7.63. The minimum Gasteiger partial charge on any atom is -0.338 e. The maximum Gasteiger partial charge on any atom is 0.267 e. The summed E-state index contributed by atoms with van der Waals surface area (Å²) in [6.45, 7) is 6.89. The van der Waals surface area contributed by atoms with Crippen LogP contribution in [0.3, 0.4) is 0 Å². The Morgan fingerprint density at radius 1 is 1.10 bits per heavy atom. The maximum atomic E-state index is 12.7. The van der Waals surface area contributed by atoms with Crippen LogP contribution in [0.5, 0.6) is 0 Å². The van der Waals surface area contributed by atoms with Gasteiger partial charge in [0.25, 0.3) is 5.91 Å². The Morgan fingerprint density at radius 3 is 2.37 bits per heavy atom. The fourth-order valence-electron chi connectivity index (χ4n) is 3.74. The van der Waals surface area contributed by atoms with Crippen molar-refractivity contribution in [1.82, 2.24) is 24.3 Å². The summed E-state index contributed by atoms with van der Waals surface area (Å²) in [5.41, 5.74) is 4.41. The van der Waals surface area contributed by atoms with E-state index in [1.54, 1.807) is 11.8 Å². The Balaban J connectivity index is 1.33. The van der Waals surface area contributed by atoms with Crippen molar-refractivity contribution in [3.63, 3.8) is 0 Å². The lowest BCUT2D eigenvalue weighted by Crippen LogP contribution is -2.41. The maximum absolute atomic E-state index is 12.7. The summed E-state index contributed by atoms with van der Waals surface area (Å²) < 4.78 is 5.72. The molecule has 8 nitrogen and oxygen atoms in total. The molecule has 1 aromatic carbocycles. The fraction of sp³-hybridized carbons (Fsp3) is 0.381. The number of nitrogens with one attached hydrogen (secondary N) is 1. The lowest BCUT2D eigenvalue weighted by atomic mass is 9.95. The van der Waals surface area contributed by atoms with E-state index in [2.05, 4.69) is 20.0 Å². The molecule has 2 aromatic heterocycles. The van der Waals surface area contributed by atoms with Gasteiger partial charge in [-0.1, -0.05) is 4.49 Å². The molecule has 0 spiro atoms. The molecule has 3 heterocycles. The molecule has 2 amide bonds. The molecule has 1 saturated heterocycles. The number of anilines is 1. The average Bonchev–Trinajstić information content (AvgIpc) is 3.32. The van der Waals surface area contributed by atoms with Crippen molar-refractivity contribution in [3.8, 4) is 5.69 Å². The number of rotatable bonds is 4. The molecule has 4 rings (SSSR count). The van der Waals surface area contributed by atoms with Crippen LogP contribution in [0.1, 0.15) is 39.6 Å². The van der Waals surface area contributed by atoms with E-state index in [-0.39, 0.29) is 17.7 Å². The van der Waals surface area contributed by atoms with Gasteiger partial charge in [0.1, 0.15) is 4.88 Å². The number of carbonyl (C=O) groups is 2. The zero-order chi connectivity index (χ0) is 21.3. The predicted molar refractivity (Wildman–Crippen MR) is 115 cm³/mol. The highest BCUT2D eigenvalue weighted by atomic mass is 32.1. The van der Waals surface area contributed by atoms with Gasteiger partial charge in [0.05, 0.1) is 17.1 Å². The normalized spacial score (nSPS) is 14.7. The number of likely N-dealkylation sites (tertiary alicyclic amines) is 1. The van der Waals surface area contributed by atoms with E-state index in [1.165, 1.54) is 0 Å². The summed E-state index contributed by atoms with van der Waals surface area (Å²) in [4.78, 5) is 27.6. The SMILES string of the molecule is Cc1cc(C)n(-c2ccc(NC(=O)C3CCN(C(=O)c4snnc4C)CC3)cc2)n1. The molecule has 0 bridgehead atoms. The second kappa shape index (κ2) is 8.35. The lowest BCUT2D eigenvalue weighted by molar-refractivity contribution is -0.121. The van der Waals surface area contributed by atoms with E-state index in [0.717, 1.165) is 34.3 Å². The number of piperidine rings is 1. The van der Waals surface area contributed by atoms with E-state index in [0.29, 0.717) is 36.5 Å². The average molecular weight is 425 g/mol. The van der Waals surface area contributed by atoms with Gasteiger partial charge in [0.2, 0.25) is 5.91 Å². The van der Waals surface area contributed by atoms with Crippen LogP contribution in [0.15, 0.2) is 30.3 Å². The highest BCUT2D eigenvalue weighted by Crippen LogP contribution is 2.23. The third-order valence-corrected chi connectivity index (χ3v) is 6.20. The van der Waals surface area contributed by atoms with Gasteiger partial charge in [-0.2, -0.15) is 5.10 Å². The van der Waals surface area contributed by atoms with E-state index in [1.807, 2.05) is 48.9 Å². The van der Waals surface area contributed by atoms with Gasteiger partial charge in [-0.15, -0.1) is 5.10 Å². The first-order valence-corrected chi connectivity index (χ1v) is 10.7. The molecule has 0 aliphatic carbocycles.